The van der Waals surface area contributed by atoms with Crippen molar-refractivity contribution in [3.63, 3.8) is 0 Å². The second-order valence-corrected chi connectivity index (χ2v) is 8.30. The topological polar surface area (TPSA) is 46.8 Å². The number of hydrogen-bond acceptors (Lipinski definition) is 4. The van der Waals surface area contributed by atoms with Crippen molar-refractivity contribution < 1.29 is 4.39 Å². The van der Waals surface area contributed by atoms with Gasteiger partial charge in [0, 0.05) is 41.8 Å². The van der Waals surface area contributed by atoms with E-state index in [9.17, 15) is 4.39 Å². The average Bonchev–Trinajstić information content (AvgIpc) is 3.32. The lowest BCUT2D eigenvalue weighted by Gasteiger charge is -2.23. The summed E-state index contributed by atoms with van der Waals surface area (Å²) in [5.41, 5.74) is 6.82. The lowest BCUT2D eigenvalue weighted by atomic mass is 9.86. The van der Waals surface area contributed by atoms with Crippen LogP contribution < -0.4 is 4.90 Å². The zero-order chi connectivity index (χ0) is 20.9. The minimum atomic E-state index is -0.379. The molecule has 0 N–H and O–H groups in total. The molecule has 4 heterocycles. The van der Waals surface area contributed by atoms with Crippen molar-refractivity contribution in [2.75, 3.05) is 11.4 Å². The van der Waals surface area contributed by atoms with Crippen LogP contribution in [0.1, 0.15) is 25.1 Å². The first-order valence-electron chi connectivity index (χ1n) is 9.92. The Bertz CT molecular complexity index is 1240. The molecule has 0 atom stereocenters. The van der Waals surface area contributed by atoms with Crippen LogP contribution in [0.5, 0.6) is 0 Å². The van der Waals surface area contributed by atoms with Gasteiger partial charge in [-0.1, -0.05) is 26.0 Å². The molecule has 150 valence electrons. The fourth-order valence-electron chi connectivity index (χ4n) is 4.21. The molecule has 0 fully saturated rings. The van der Waals surface area contributed by atoms with Crippen LogP contribution in [0.25, 0.3) is 16.9 Å². The minimum absolute atomic E-state index is 0.0235. The van der Waals surface area contributed by atoms with E-state index >= 15 is 0 Å². The number of aromatic nitrogens is 4. The standard InChI is InChI=1S/C24H22FN5/c1-16-21(5-4-9-27-16)30-14-24(2,3)18-7-6-17(11-23(18)30)20-13-29(15-28-20)22-8-10-26-12-19(22)25/h4-13,15H,14H2,1-3H3. The molecular weight excluding hydrogens is 377 g/mol. The van der Waals surface area contributed by atoms with Crippen LogP contribution in [0.15, 0.2) is 67.5 Å². The number of nitrogens with zero attached hydrogens (tertiary/aromatic N) is 5. The van der Waals surface area contributed by atoms with Gasteiger partial charge < -0.3 is 9.47 Å². The van der Waals surface area contributed by atoms with Gasteiger partial charge in [-0.05, 0) is 36.8 Å². The molecule has 0 spiro atoms. The van der Waals surface area contributed by atoms with Crippen molar-refractivity contribution in [3.8, 4) is 16.9 Å². The first-order valence-corrected chi connectivity index (χ1v) is 9.92. The third-order valence-electron chi connectivity index (χ3n) is 5.75. The van der Waals surface area contributed by atoms with Gasteiger partial charge >= 0.3 is 0 Å². The van der Waals surface area contributed by atoms with Gasteiger partial charge in [0.15, 0.2) is 5.82 Å². The Balaban J connectivity index is 1.58. The highest BCUT2D eigenvalue weighted by molar-refractivity contribution is 5.78. The third kappa shape index (κ3) is 2.96. The Morgan fingerprint density at radius 1 is 1.00 bits per heavy atom. The van der Waals surface area contributed by atoms with Gasteiger partial charge in [0.25, 0.3) is 0 Å². The smallest absolute Gasteiger partial charge is 0.165 e. The average molecular weight is 399 g/mol. The summed E-state index contributed by atoms with van der Waals surface area (Å²) in [7, 11) is 0. The van der Waals surface area contributed by atoms with Crippen molar-refractivity contribution in [2.24, 2.45) is 0 Å². The van der Waals surface area contributed by atoms with Gasteiger partial charge in [-0.3, -0.25) is 9.97 Å². The summed E-state index contributed by atoms with van der Waals surface area (Å²) in [5, 5.41) is 0. The molecule has 0 amide bonds. The quantitative estimate of drug-likeness (QED) is 0.475. The van der Waals surface area contributed by atoms with Gasteiger partial charge in [-0.2, -0.15) is 0 Å². The Labute approximate surface area is 174 Å². The molecule has 4 aromatic rings. The van der Waals surface area contributed by atoms with E-state index in [4.69, 9.17) is 0 Å². The lowest BCUT2D eigenvalue weighted by molar-refractivity contribution is 0.568. The highest BCUT2D eigenvalue weighted by atomic mass is 19.1. The molecule has 0 saturated carbocycles. The Morgan fingerprint density at radius 2 is 1.87 bits per heavy atom. The minimum Gasteiger partial charge on any atom is -0.339 e. The summed E-state index contributed by atoms with van der Waals surface area (Å²) in [5.74, 6) is -0.379. The van der Waals surface area contributed by atoms with Gasteiger partial charge in [-0.15, -0.1) is 0 Å². The molecule has 0 unspecified atom stereocenters. The molecule has 6 heteroatoms. The second kappa shape index (κ2) is 6.76. The SMILES string of the molecule is Cc1ncccc1N1CC(C)(C)c2ccc(-c3cn(-c4ccncc4F)cn3)cc21. The highest BCUT2D eigenvalue weighted by Gasteiger charge is 2.36. The van der Waals surface area contributed by atoms with Gasteiger partial charge in [0.1, 0.15) is 6.33 Å². The normalized spacial score (nSPS) is 14.7. The highest BCUT2D eigenvalue weighted by Crippen LogP contribution is 2.46. The molecule has 0 bridgehead atoms. The molecule has 1 aliphatic heterocycles. The van der Waals surface area contributed by atoms with Crippen LogP contribution >= 0.6 is 0 Å². The summed E-state index contributed by atoms with van der Waals surface area (Å²) >= 11 is 0. The molecule has 30 heavy (non-hydrogen) atoms. The number of rotatable bonds is 3. The van der Waals surface area contributed by atoms with Crippen molar-refractivity contribution in [1.82, 2.24) is 19.5 Å². The molecule has 5 rings (SSSR count). The number of halogens is 1. The third-order valence-corrected chi connectivity index (χ3v) is 5.75. The van der Waals surface area contributed by atoms with E-state index in [1.807, 2.05) is 25.4 Å². The maximum Gasteiger partial charge on any atom is 0.165 e. The van der Waals surface area contributed by atoms with Crippen molar-refractivity contribution in [1.29, 1.82) is 0 Å². The fraction of sp³-hybridized carbons (Fsp3) is 0.208. The van der Waals surface area contributed by atoms with Crippen LogP contribution in [0.4, 0.5) is 15.8 Å². The van der Waals surface area contributed by atoms with Crippen LogP contribution in [0, 0.1) is 12.7 Å². The molecular formula is C24H22FN5. The summed E-state index contributed by atoms with van der Waals surface area (Å²) in [6.07, 6.45) is 8.08. The number of hydrogen-bond donors (Lipinski definition) is 0. The number of benzene rings is 1. The van der Waals surface area contributed by atoms with Gasteiger partial charge in [-0.25, -0.2) is 9.37 Å². The maximum atomic E-state index is 14.1. The molecule has 1 aliphatic rings. The summed E-state index contributed by atoms with van der Waals surface area (Å²) in [4.78, 5) is 15.1. The number of pyridine rings is 2. The zero-order valence-electron chi connectivity index (χ0n) is 17.2. The fourth-order valence-corrected chi connectivity index (χ4v) is 4.21. The van der Waals surface area contributed by atoms with Gasteiger partial charge in [0.2, 0.25) is 0 Å². The van der Waals surface area contributed by atoms with E-state index in [1.165, 1.54) is 17.4 Å². The number of aryl methyl sites for hydroxylation is 1. The Morgan fingerprint density at radius 3 is 2.67 bits per heavy atom. The Hall–Kier alpha value is -3.54. The first kappa shape index (κ1) is 18.5. The molecule has 0 radical (unpaired) electrons. The van der Waals surface area contributed by atoms with Crippen LogP contribution in [0.2, 0.25) is 0 Å². The second-order valence-electron chi connectivity index (χ2n) is 8.30. The molecule has 1 aromatic carbocycles. The van der Waals surface area contributed by atoms with E-state index in [2.05, 4.69) is 58.0 Å². The summed E-state index contributed by atoms with van der Waals surface area (Å²) < 4.78 is 15.8. The monoisotopic (exact) mass is 399 g/mol. The molecule has 0 aliphatic carbocycles. The lowest BCUT2D eigenvalue weighted by Crippen LogP contribution is -2.25. The molecule has 3 aromatic heterocycles. The van der Waals surface area contributed by atoms with E-state index in [0.29, 0.717) is 5.69 Å². The molecule has 0 saturated heterocycles. The van der Waals surface area contributed by atoms with Crippen molar-refractivity contribution in [2.45, 2.75) is 26.2 Å². The Kier molecular flexibility index (Phi) is 4.17. The van der Waals surface area contributed by atoms with Crippen LogP contribution in [-0.4, -0.2) is 26.1 Å². The number of imidazole rings is 1. The van der Waals surface area contributed by atoms with E-state index < -0.39 is 0 Å². The van der Waals surface area contributed by atoms with Crippen LogP contribution in [-0.2, 0) is 5.41 Å². The van der Waals surface area contributed by atoms with E-state index in [1.54, 1.807) is 23.2 Å². The predicted octanol–water partition coefficient (Wildman–Crippen LogP) is 5.21. The summed E-state index contributed by atoms with van der Waals surface area (Å²) in [6.45, 7) is 7.44. The largest absolute Gasteiger partial charge is 0.339 e. The van der Waals surface area contributed by atoms with Crippen LogP contribution in [0.3, 0.4) is 0 Å². The van der Waals surface area contributed by atoms with E-state index in [-0.39, 0.29) is 11.2 Å². The zero-order valence-corrected chi connectivity index (χ0v) is 17.2. The maximum absolute atomic E-state index is 14.1. The van der Waals surface area contributed by atoms with Gasteiger partial charge in [0.05, 0.1) is 29.0 Å². The molecule has 5 nitrogen and oxygen atoms in total. The number of fused-ring (bicyclic) bond motifs is 1. The number of anilines is 2. The first-order chi connectivity index (χ1) is 14.4. The summed E-state index contributed by atoms with van der Waals surface area (Å²) in [6, 6.07) is 12.2. The predicted molar refractivity (Wildman–Crippen MR) is 116 cm³/mol. The van der Waals surface area contributed by atoms with Crippen molar-refractivity contribution >= 4 is 11.4 Å². The van der Waals surface area contributed by atoms with E-state index in [0.717, 1.165) is 29.2 Å². The van der Waals surface area contributed by atoms with Crippen molar-refractivity contribution in [3.05, 3.63) is 84.6 Å².